The van der Waals surface area contributed by atoms with Crippen LogP contribution in [0, 0.1) is 12.7 Å². The van der Waals surface area contributed by atoms with Gasteiger partial charge in [-0.1, -0.05) is 23.4 Å². The van der Waals surface area contributed by atoms with E-state index in [1.165, 1.54) is 18.2 Å². The van der Waals surface area contributed by atoms with Gasteiger partial charge in [-0.2, -0.15) is 0 Å². The number of halogens is 4. The number of nitrogens with two attached hydrogens (primary N) is 1. The largest absolute Gasteiger partial charge is 0.573 e. The molecule has 0 atom stereocenters. The number of aromatic nitrogens is 1. The average Bonchev–Trinajstić information content (AvgIpc) is 3.13. The molecule has 170 valence electrons. The number of carbonyl (C=O) groups is 1. The number of nitrogens with zero attached hydrogens (tertiary/aromatic N) is 1. The predicted octanol–water partition coefficient (Wildman–Crippen LogP) is 6.07. The Labute approximate surface area is 184 Å². The highest BCUT2D eigenvalue weighted by molar-refractivity contribution is 6.04. The number of ether oxygens (including phenoxy) is 1. The fourth-order valence-corrected chi connectivity index (χ4v) is 3.25. The monoisotopic (exact) mass is 460 g/mol. The third-order valence-electron chi connectivity index (χ3n) is 4.66. The van der Waals surface area contributed by atoms with E-state index in [4.69, 9.17) is 10.3 Å². The summed E-state index contributed by atoms with van der Waals surface area (Å²) in [4.78, 5) is 12.2. The number of hydrogen-bond donors (Lipinski definition) is 3. The summed E-state index contributed by atoms with van der Waals surface area (Å²) in [5.74, 6) is -1.24. The molecule has 0 radical (unpaired) electrons. The minimum absolute atomic E-state index is 0.0376. The molecular weight excluding hydrogens is 444 g/mol. The number of aryl methyl sites for hydroxylation is 1. The molecular formula is C22H16F4N4O3. The van der Waals surface area contributed by atoms with Gasteiger partial charge in [-0.05, 0) is 60.0 Å². The van der Waals surface area contributed by atoms with E-state index >= 15 is 0 Å². The summed E-state index contributed by atoms with van der Waals surface area (Å²) in [5, 5.41) is 8.71. The molecule has 1 heterocycles. The molecule has 3 aromatic carbocycles. The SMILES string of the molecule is Cc1ccc(F)c(NC(=O)Nc2ccc(-c3ccc(OC(F)(F)F)c4onc(N)c34)cc2)c1. The van der Waals surface area contributed by atoms with Gasteiger partial charge < -0.3 is 25.6 Å². The minimum atomic E-state index is -4.91. The number of urea groups is 1. The van der Waals surface area contributed by atoms with Crippen molar-refractivity contribution in [2.75, 3.05) is 16.4 Å². The Kier molecular flexibility index (Phi) is 5.54. The Balaban J connectivity index is 1.56. The van der Waals surface area contributed by atoms with Gasteiger partial charge >= 0.3 is 12.4 Å². The lowest BCUT2D eigenvalue weighted by Gasteiger charge is -2.12. The first kappa shape index (κ1) is 21.9. The summed E-state index contributed by atoms with van der Waals surface area (Å²) < 4.78 is 60.7. The number of hydrogen-bond acceptors (Lipinski definition) is 5. The van der Waals surface area contributed by atoms with Gasteiger partial charge in [0.05, 0.1) is 11.1 Å². The predicted molar refractivity (Wildman–Crippen MR) is 114 cm³/mol. The van der Waals surface area contributed by atoms with Crippen LogP contribution in [0.4, 0.5) is 39.5 Å². The van der Waals surface area contributed by atoms with Crippen molar-refractivity contribution < 1.29 is 31.6 Å². The number of anilines is 3. The molecule has 0 saturated heterocycles. The quantitative estimate of drug-likeness (QED) is 0.321. The van der Waals surface area contributed by atoms with E-state index in [1.54, 1.807) is 37.3 Å². The molecule has 4 rings (SSSR count). The first-order valence-electron chi connectivity index (χ1n) is 9.49. The van der Waals surface area contributed by atoms with Crippen LogP contribution in [0.3, 0.4) is 0 Å². The van der Waals surface area contributed by atoms with Gasteiger partial charge in [0.25, 0.3) is 0 Å². The number of fused-ring (bicyclic) bond motifs is 1. The molecule has 0 unspecified atom stereocenters. The smallest absolute Gasteiger partial charge is 0.402 e. The van der Waals surface area contributed by atoms with E-state index in [9.17, 15) is 22.4 Å². The van der Waals surface area contributed by atoms with Crippen molar-refractivity contribution in [1.29, 1.82) is 0 Å². The van der Waals surface area contributed by atoms with E-state index < -0.39 is 24.0 Å². The Morgan fingerprint density at radius 3 is 2.48 bits per heavy atom. The fraction of sp³-hybridized carbons (Fsp3) is 0.0909. The van der Waals surface area contributed by atoms with Crippen molar-refractivity contribution in [2.24, 2.45) is 0 Å². The van der Waals surface area contributed by atoms with E-state index in [2.05, 4.69) is 20.5 Å². The number of nitrogen functional groups attached to an aromatic ring is 1. The van der Waals surface area contributed by atoms with E-state index in [-0.39, 0.29) is 22.5 Å². The van der Waals surface area contributed by atoms with Crippen molar-refractivity contribution in [3.05, 3.63) is 66.0 Å². The summed E-state index contributed by atoms with van der Waals surface area (Å²) in [6, 6.07) is 12.6. The highest BCUT2D eigenvalue weighted by Gasteiger charge is 2.33. The first-order valence-corrected chi connectivity index (χ1v) is 9.49. The normalized spacial score (nSPS) is 11.4. The molecule has 0 saturated carbocycles. The molecule has 1 aromatic heterocycles. The van der Waals surface area contributed by atoms with Crippen molar-refractivity contribution in [3.63, 3.8) is 0 Å². The standard InChI is InChI=1S/C22H16F4N4O3/c1-11-2-8-15(23)16(10-11)29-21(31)28-13-5-3-12(4-6-13)14-7-9-17(32-22(24,25)26)19-18(14)20(27)30-33-19/h2-10H,1H3,(H2,27,30)(H2,28,29,31). The maximum Gasteiger partial charge on any atom is 0.573 e. The summed E-state index contributed by atoms with van der Waals surface area (Å²) in [6.07, 6.45) is -4.91. The van der Waals surface area contributed by atoms with E-state index in [0.717, 1.165) is 11.6 Å². The Morgan fingerprint density at radius 1 is 1.06 bits per heavy atom. The van der Waals surface area contributed by atoms with Crippen LogP contribution >= 0.6 is 0 Å². The third kappa shape index (κ3) is 4.81. The molecule has 11 heteroatoms. The number of alkyl halides is 3. The van der Waals surface area contributed by atoms with Gasteiger partial charge in [0.1, 0.15) is 5.82 Å². The van der Waals surface area contributed by atoms with Gasteiger partial charge in [0, 0.05) is 5.69 Å². The Hall–Kier alpha value is -4.28. The van der Waals surface area contributed by atoms with Crippen LogP contribution in [0.5, 0.6) is 5.75 Å². The molecule has 7 nitrogen and oxygen atoms in total. The fourth-order valence-electron chi connectivity index (χ4n) is 3.25. The summed E-state index contributed by atoms with van der Waals surface area (Å²) >= 11 is 0. The lowest BCUT2D eigenvalue weighted by atomic mass is 10.0. The van der Waals surface area contributed by atoms with Gasteiger partial charge in [-0.25, -0.2) is 9.18 Å². The number of carbonyl (C=O) groups excluding carboxylic acids is 1. The van der Waals surface area contributed by atoms with Crippen molar-refractivity contribution in [2.45, 2.75) is 13.3 Å². The maximum absolute atomic E-state index is 13.8. The topological polar surface area (TPSA) is 102 Å². The van der Waals surface area contributed by atoms with Crippen LogP contribution in [-0.2, 0) is 0 Å². The second-order valence-electron chi connectivity index (χ2n) is 7.07. The molecule has 4 N–H and O–H groups in total. The Morgan fingerprint density at radius 2 is 1.79 bits per heavy atom. The zero-order chi connectivity index (χ0) is 23.8. The highest BCUT2D eigenvalue weighted by Crippen LogP contribution is 2.39. The van der Waals surface area contributed by atoms with Crippen molar-refractivity contribution in [3.8, 4) is 16.9 Å². The Bertz CT molecular complexity index is 1330. The molecule has 0 aliphatic carbocycles. The van der Waals surface area contributed by atoms with Crippen LogP contribution in [-0.4, -0.2) is 17.6 Å². The maximum atomic E-state index is 13.8. The summed E-state index contributed by atoms with van der Waals surface area (Å²) in [5.41, 5.74) is 7.80. The second-order valence-corrected chi connectivity index (χ2v) is 7.07. The lowest BCUT2D eigenvalue weighted by molar-refractivity contribution is -0.274. The van der Waals surface area contributed by atoms with Crippen LogP contribution in [0.15, 0.2) is 59.1 Å². The highest BCUT2D eigenvalue weighted by atomic mass is 19.4. The molecule has 0 bridgehead atoms. The molecule has 2 amide bonds. The van der Waals surface area contributed by atoms with Crippen LogP contribution in [0.25, 0.3) is 22.1 Å². The first-order chi connectivity index (χ1) is 15.6. The number of amides is 2. The molecule has 0 spiro atoms. The molecule has 4 aromatic rings. The summed E-state index contributed by atoms with van der Waals surface area (Å²) in [7, 11) is 0. The second kappa shape index (κ2) is 8.34. The molecule has 0 aliphatic heterocycles. The van der Waals surface area contributed by atoms with Crippen molar-refractivity contribution in [1.82, 2.24) is 5.16 Å². The zero-order valence-electron chi connectivity index (χ0n) is 17.0. The molecule has 0 fully saturated rings. The zero-order valence-corrected chi connectivity index (χ0v) is 17.0. The van der Waals surface area contributed by atoms with Gasteiger partial charge in [0.15, 0.2) is 11.6 Å². The van der Waals surface area contributed by atoms with Gasteiger partial charge in [-0.15, -0.1) is 13.2 Å². The minimum Gasteiger partial charge on any atom is -0.402 e. The average molecular weight is 460 g/mol. The number of nitrogens with one attached hydrogen (secondary N) is 2. The van der Waals surface area contributed by atoms with Gasteiger partial charge in [-0.3, -0.25) is 0 Å². The van der Waals surface area contributed by atoms with Gasteiger partial charge in [0.2, 0.25) is 5.58 Å². The lowest BCUT2D eigenvalue weighted by Crippen LogP contribution is -2.20. The summed E-state index contributed by atoms with van der Waals surface area (Å²) in [6.45, 7) is 1.77. The van der Waals surface area contributed by atoms with Crippen LogP contribution in [0.1, 0.15) is 5.56 Å². The van der Waals surface area contributed by atoms with E-state index in [1.807, 2.05) is 0 Å². The number of rotatable bonds is 4. The number of benzene rings is 3. The van der Waals surface area contributed by atoms with Crippen LogP contribution in [0.2, 0.25) is 0 Å². The third-order valence-corrected chi connectivity index (χ3v) is 4.66. The molecule has 0 aliphatic rings. The molecule has 33 heavy (non-hydrogen) atoms. The van der Waals surface area contributed by atoms with E-state index in [0.29, 0.717) is 16.8 Å². The van der Waals surface area contributed by atoms with Crippen LogP contribution < -0.4 is 21.1 Å². The van der Waals surface area contributed by atoms with Crippen molar-refractivity contribution >= 4 is 34.2 Å².